The highest BCUT2D eigenvalue weighted by atomic mass is 16.5. The van der Waals surface area contributed by atoms with E-state index in [1.54, 1.807) is 7.11 Å². The number of aromatic nitrogens is 3. The van der Waals surface area contributed by atoms with Gasteiger partial charge in [-0.1, -0.05) is 36.4 Å². The van der Waals surface area contributed by atoms with Crippen LogP contribution in [0.1, 0.15) is 23.9 Å². The highest BCUT2D eigenvalue weighted by molar-refractivity contribution is 5.83. The highest BCUT2D eigenvalue weighted by Crippen LogP contribution is 2.36. The lowest BCUT2D eigenvalue weighted by molar-refractivity contribution is 0.398. The van der Waals surface area contributed by atoms with E-state index in [1.165, 1.54) is 16.9 Å². The van der Waals surface area contributed by atoms with Crippen LogP contribution in [0.4, 0.5) is 0 Å². The van der Waals surface area contributed by atoms with Crippen LogP contribution in [0, 0.1) is 0 Å². The summed E-state index contributed by atoms with van der Waals surface area (Å²) in [4.78, 5) is 9.19. The van der Waals surface area contributed by atoms with Gasteiger partial charge in [0.05, 0.1) is 24.2 Å². The number of fused-ring (bicyclic) bond motifs is 3. The van der Waals surface area contributed by atoms with Crippen LogP contribution in [0.5, 0.6) is 5.88 Å². The first kappa shape index (κ1) is 15.1. The van der Waals surface area contributed by atoms with E-state index in [9.17, 15) is 0 Å². The molecule has 0 bridgehead atoms. The van der Waals surface area contributed by atoms with Crippen LogP contribution in [0.15, 0.2) is 66.9 Å². The van der Waals surface area contributed by atoms with Crippen molar-refractivity contribution in [3.63, 3.8) is 0 Å². The molecule has 0 fully saturated rings. The average Bonchev–Trinajstić information content (AvgIpc) is 3.27. The third-order valence-corrected chi connectivity index (χ3v) is 5.18. The molecule has 0 radical (unpaired) electrons. The largest absolute Gasteiger partial charge is 0.481 e. The van der Waals surface area contributed by atoms with Gasteiger partial charge < -0.3 is 9.30 Å². The molecule has 1 atom stereocenters. The van der Waals surface area contributed by atoms with Crippen LogP contribution in [-0.2, 0) is 6.42 Å². The van der Waals surface area contributed by atoms with E-state index < -0.39 is 0 Å². The molecule has 0 saturated carbocycles. The molecule has 4 heteroatoms. The Labute approximate surface area is 152 Å². The van der Waals surface area contributed by atoms with E-state index >= 15 is 0 Å². The normalized spacial score (nSPS) is 16.0. The standard InChI is InChI=1S/C22H19N3O/c1-26-22-12-8-17(14-23-22)16-7-9-18-20(13-16)25-19(10-11-21(25)24-18)15-5-3-2-4-6-15/h2-9,12-14,19H,10-11H2,1H3. The van der Waals surface area contributed by atoms with Crippen molar-refractivity contribution in [2.75, 3.05) is 7.11 Å². The number of imidazole rings is 1. The molecule has 0 N–H and O–H groups in total. The predicted molar refractivity (Wildman–Crippen MR) is 102 cm³/mol. The van der Waals surface area contributed by atoms with E-state index in [2.05, 4.69) is 58.1 Å². The van der Waals surface area contributed by atoms with Crippen LogP contribution in [-0.4, -0.2) is 21.6 Å². The Balaban J connectivity index is 1.62. The molecule has 26 heavy (non-hydrogen) atoms. The van der Waals surface area contributed by atoms with Crippen molar-refractivity contribution >= 4 is 11.0 Å². The van der Waals surface area contributed by atoms with Gasteiger partial charge in [0, 0.05) is 24.2 Å². The molecule has 1 aliphatic rings. The Bertz CT molecular complexity index is 1070. The number of methoxy groups -OCH3 is 1. The molecule has 0 amide bonds. The number of ether oxygens (including phenoxy) is 1. The van der Waals surface area contributed by atoms with Crippen molar-refractivity contribution < 1.29 is 4.74 Å². The van der Waals surface area contributed by atoms with Gasteiger partial charge in [0.1, 0.15) is 5.82 Å². The molecule has 128 valence electrons. The lowest BCUT2D eigenvalue weighted by Crippen LogP contribution is -2.05. The Kier molecular flexibility index (Phi) is 3.49. The Hall–Kier alpha value is -3.14. The lowest BCUT2D eigenvalue weighted by Gasteiger charge is -2.15. The van der Waals surface area contributed by atoms with E-state index in [4.69, 9.17) is 9.72 Å². The van der Waals surface area contributed by atoms with Crippen molar-refractivity contribution in [2.45, 2.75) is 18.9 Å². The van der Waals surface area contributed by atoms with Gasteiger partial charge in [0.15, 0.2) is 0 Å². The summed E-state index contributed by atoms with van der Waals surface area (Å²) in [6.45, 7) is 0. The molecule has 0 spiro atoms. The van der Waals surface area contributed by atoms with Crippen molar-refractivity contribution in [1.29, 1.82) is 0 Å². The minimum absolute atomic E-state index is 0.362. The molecule has 2 aromatic carbocycles. The number of hydrogen-bond donors (Lipinski definition) is 0. The van der Waals surface area contributed by atoms with Gasteiger partial charge in [-0.2, -0.15) is 0 Å². The van der Waals surface area contributed by atoms with Crippen molar-refractivity contribution in [2.24, 2.45) is 0 Å². The fraction of sp³-hybridized carbons (Fsp3) is 0.182. The van der Waals surface area contributed by atoms with Gasteiger partial charge in [0.25, 0.3) is 0 Å². The fourth-order valence-electron chi connectivity index (χ4n) is 3.90. The van der Waals surface area contributed by atoms with E-state index in [0.29, 0.717) is 11.9 Å². The maximum absolute atomic E-state index is 5.16. The van der Waals surface area contributed by atoms with E-state index in [-0.39, 0.29) is 0 Å². The smallest absolute Gasteiger partial charge is 0.212 e. The summed E-state index contributed by atoms with van der Waals surface area (Å²) in [5.41, 5.74) is 5.83. The zero-order valence-corrected chi connectivity index (χ0v) is 14.6. The van der Waals surface area contributed by atoms with Crippen LogP contribution < -0.4 is 4.74 Å². The minimum atomic E-state index is 0.362. The average molecular weight is 341 g/mol. The van der Waals surface area contributed by atoms with Gasteiger partial charge in [-0.05, 0) is 35.7 Å². The first-order valence-electron chi connectivity index (χ1n) is 8.90. The second kappa shape index (κ2) is 5.99. The summed E-state index contributed by atoms with van der Waals surface area (Å²) in [5, 5.41) is 0. The highest BCUT2D eigenvalue weighted by Gasteiger charge is 2.27. The second-order valence-electron chi connectivity index (χ2n) is 6.66. The molecule has 1 aliphatic heterocycles. The number of nitrogens with zero attached hydrogens (tertiary/aromatic N) is 3. The van der Waals surface area contributed by atoms with Crippen molar-refractivity contribution in [1.82, 2.24) is 14.5 Å². The molecule has 1 unspecified atom stereocenters. The molecule has 2 aromatic heterocycles. The SMILES string of the molecule is COc1ccc(-c2ccc3nc4n(c3c2)C(c2ccccc2)CC4)cn1. The summed E-state index contributed by atoms with van der Waals surface area (Å²) in [7, 11) is 1.63. The molecular weight excluding hydrogens is 322 g/mol. The minimum Gasteiger partial charge on any atom is -0.481 e. The fourth-order valence-corrected chi connectivity index (χ4v) is 3.90. The molecular formula is C22H19N3O. The van der Waals surface area contributed by atoms with Crippen LogP contribution in [0.2, 0.25) is 0 Å². The van der Waals surface area contributed by atoms with Gasteiger partial charge in [-0.25, -0.2) is 9.97 Å². The predicted octanol–water partition coefficient (Wildman–Crippen LogP) is 4.64. The first-order chi connectivity index (χ1) is 12.8. The van der Waals surface area contributed by atoms with E-state index in [0.717, 1.165) is 29.5 Å². The zero-order chi connectivity index (χ0) is 17.5. The maximum atomic E-state index is 5.16. The quantitative estimate of drug-likeness (QED) is 0.545. The van der Waals surface area contributed by atoms with Crippen molar-refractivity contribution in [3.8, 4) is 17.0 Å². The van der Waals surface area contributed by atoms with Gasteiger partial charge in [0.2, 0.25) is 5.88 Å². The lowest BCUT2D eigenvalue weighted by atomic mass is 10.0. The first-order valence-corrected chi connectivity index (χ1v) is 8.90. The number of aryl methyl sites for hydroxylation is 1. The summed E-state index contributed by atoms with van der Waals surface area (Å²) in [6.07, 6.45) is 3.99. The van der Waals surface area contributed by atoms with Gasteiger partial charge in [-0.3, -0.25) is 0 Å². The Morgan fingerprint density at radius 2 is 1.85 bits per heavy atom. The third-order valence-electron chi connectivity index (χ3n) is 5.18. The number of rotatable bonds is 3. The molecule has 0 aliphatic carbocycles. The molecule has 3 heterocycles. The summed E-state index contributed by atoms with van der Waals surface area (Å²) < 4.78 is 7.57. The second-order valence-corrected chi connectivity index (χ2v) is 6.66. The molecule has 4 nitrogen and oxygen atoms in total. The number of hydrogen-bond acceptors (Lipinski definition) is 3. The van der Waals surface area contributed by atoms with Gasteiger partial charge in [-0.15, -0.1) is 0 Å². The molecule has 0 saturated heterocycles. The summed E-state index contributed by atoms with van der Waals surface area (Å²) in [5.74, 6) is 1.81. The van der Waals surface area contributed by atoms with Crippen LogP contribution in [0.3, 0.4) is 0 Å². The topological polar surface area (TPSA) is 39.9 Å². The summed E-state index contributed by atoms with van der Waals surface area (Å²) >= 11 is 0. The number of benzene rings is 2. The zero-order valence-electron chi connectivity index (χ0n) is 14.6. The third kappa shape index (κ3) is 2.37. The van der Waals surface area contributed by atoms with Crippen LogP contribution >= 0.6 is 0 Å². The summed E-state index contributed by atoms with van der Waals surface area (Å²) in [6, 6.07) is 21.5. The maximum Gasteiger partial charge on any atom is 0.212 e. The van der Waals surface area contributed by atoms with E-state index in [1.807, 2.05) is 18.3 Å². The van der Waals surface area contributed by atoms with Gasteiger partial charge >= 0.3 is 0 Å². The monoisotopic (exact) mass is 341 g/mol. The van der Waals surface area contributed by atoms with Crippen molar-refractivity contribution in [3.05, 3.63) is 78.2 Å². The van der Waals surface area contributed by atoms with Crippen LogP contribution in [0.25, 0.3) is 22.2 Å². The Morgan fingerprint density at radius 3 is 2.62 bits per heavy atom. The number of pyridine rings is 1. The Morgan fingerprint density at radius 1 is 1.00 bits per heavy atom. The molecule has 5 rings (SSSR count). The molecule has 4 aromatic rings.